The first-order valence-electron chi connectivity index (χ1n) is 35.5. The van der Waals surface area contributed by atoms with Crippen LogP contribution in [-0.2, 0) is 43.2 Å². The topological polar surface area (TPSA) is 368 Å². The van der Waals surface area contributed by atoms with Crippen molar-refractivity contribution in [2.45, 2.75) is 131 Å². The van der Waals surface area contributed by atoms with E-state index in [1.807, 2.05) is 121 Å². The molecule has 0 unspecified atom stereocenters. The van der Waals surface area contributed by atoms with Crippen LogP contribution < -0.4 is 48.1 Å². The second-order valence-electron chi connectivity index (χ2n) is 28.1. The van der Waals surface area contributed by atoms with E-state index in [1.165, 1.54) is 28.0 Å². The Kier molecular flexibility index (Phi) is 24.2. The van der Waals surface area contributed by atoms with Gasteiger partial charge in [-0.25, -0.2) is 0 Å². The smallest absolute Gasteiger partial charge is 0.306 e. The standard InChI is InChI=1S/C77H92N10O14/c78-29-15-13-25-50(77(99)100)32-67(90)62(26-14-16-30-79)81-70(92)51(43-88)31-52(89)38-80-69(91)44-101-68-33-49(75(97)86-39-58(71(93)82-63-34-54(63)45-17-5-1-6-18-45)59(40-86)72(94)83-64-35-55(64)46-19-7-2-8-20-46)27-28-53(68)76(98)87-41-60(73(95)84-65-36-56(65)47-21-9-3-10-22-47)61(42-87)74(96)85-66-37-57(66)48-23-11-4-12-24-48/h1-12,17-24,27-28,33,50-51,54-66,88H,13-16,25-26,29-32,34-44,78-79H2,(H,80,91)(H,81,92)(H,82,93)(H,83,94)(H,84,95)(H,85,96)(H,99,100)/t50-,51+,54-,55-,56-,57-,58-,59-,60-,61-,62+,63+,64+,65+,66+/m1/s1. The molecule has 12 N–H and O–H groups in total. The number of carboxylic acids is 1. The quantitative estimate of drug-likeness (QED) is 0.0251. The van der Waals surface area contributed by atoms with Crippen LogP contribution >= 0.6 is 0 Å². The molecule has 2 aliphatic heterocycles. The molecule has 0 bridgehead atoms. The summed E-state index contributed by atoms with van der Waals surface area (Å²) < 4.78 is 6.16. The third-order valence-electron chi connectivity index (χ3n) is 20.8. The average molecular weight is 1380 g/mol. The van der Waals surface area contributed by atoms with E-state index in [0.717, 1.165) is 22.3 Å². The number of rotatable bonds is 36. The number of aliphatic hydroxyl groups is 1. The van der Waals surface area contributed by atoms with Crippen molar-refractivity contribution < 1.29 is 67.7 Å². The van der Waals surface area contributed by atoms with E-state index in [1.54, 1.807) is 0 Å². The van der Waals surface area contributed by atoms with Crippen LogP contribution in [0.5, 0.6) is 5.75 Å². The molecule has 5 aromatic rings. The summed E-state index contributed by atoms with van der Waals surface area (Å²) in [6.45, 7) is -2.28. The Hall–Kier alpha value is -9.65. The van der Waals surface area contributed by atoms with Crippen molar-refractivity contribution in [2.24, 2.45) is 47.0 Å². The molecule has 11 rings (SSSR count). The number of carbonyl (C=O) groups is 11. The van der Waals surface area contributed by atoms with Crippen molar-refractivity contribution in [2.75, 3.05) is 59.0 Å². The number of Topliss-reactive ketones (excluding diaryl/α,β-unsaturated/α-hetero) is 2. The van der Waals surface area contributed by atoms with Gasteiger partial charge in [0.05, 0.1) is 60.3 Å². The zero-order valence-corrected chi connectivity index (χ0v) is 56.6. The predicted octanol–water partition coefficient (Wildman–Crippen LogP) is 4.22. The molecule has 5 aromatic carbocycles. The van der Waals surface area contributed by atoms with Crippen molar-refractivity contribution >= 4 is 64.8 Å². The Labute approximate surface area is 587 Å². The molecule has 2 heterocycles. The van der Waals surface area contributed by atoms with E-state index < -0.39 is 121 Å². The molecule has 6 aliphatic rings. The molecule has 2 saturated heterocycles. The van der Waals surface area contributed by atoms with E-state index in [-0.39, 0.29) is 122 Å². The summed E-state index contributed by atoms with van der Waals surface area (Å²) in [6.07, 6.45) is 4.16. The maximum Gasteiger partial charge on any atom is 0.306 e. The van der Waals surface area contributed by atoms with Crippen LogP contribution in [0.25, 0.3) is 0 Å². The summed E-state index contributed by atoms with van der Waals surface area (Å²) in [6, 6.07) is 41.3. The Morgan fingerprint density at radius 1 is 0.495 bits per heavy atom. The summed E-state index contributed by atoms with van der Waals surface area (Å²) in [5.74, 6) is -13.1. The number of nitrogens with one attached hydrogen (secondary N) is 6. The molecular weight excluding hydrogens is 1290 g/mol. The molecule has 24 nitrogen and oxygen atoms in total. The zero-order valence-electron chi connectivity index (χ0n) is 56.6. The fraction of sp³-hybridized carbons (Fsp3) is 0.468. The second-order valence-corrected chi connectivity index (χ2v) is 28.1. The summed E-state index contributed by atoms with van der Waals surface area (Å²) >= 11 is 0. The normalized spacial score (nSPS) is 24.5. The lowest BCUT2D eigenvalue weighted by Gasteiger charge is -2.22. The number of amides is 8. The molecule has 24 heteroatoms. The number of nitrogens with zero attached hydrogens (tertiary/aromatic N) is 2. The summed E-state index contributed by atoms with van der Waals surface area (Å²) in [4.78, 5) is 158. The van der Waals surface area contributed by atoms with Gasteiger partial charge in [0.1, 0.15) is 5.75 Å². The van der Waals surface area contributed by atoms with Gasteiger partial charge in [-0.2, -0.15) is 0 Å². The highest BCUT2D eigenvalue weighted by Gasteiger charge is 2.52. The number of aliphatic carboxylic acids is 1. The first kappa shape index (κ1) is 72.6. The second kappa shape index (κ2) is 33.7. The number of hydrogen-bond acceptors (Lipinski definition) is 15. The molecule has 0 aromatic heterocycles. The van der Waals surface area contributed by atoms with Crippen LogP contribution in [0.1, 0.15) is 144 Å². The Bertz CT molecular complexity index is 3660. The highest BCUT2D eigenvalue weighted by Crippen LogP contribution is 2.45. The van der Waals surface area contributed by atoms with Gasteiger partial charge < -0.3 is 68.1 Å². The van der Waals surface area contributed by atoms with Gasteiger partial charge in [0.15, 0.2) is 18.2 Å². The lowest BCUT2D eigenvalue weighted by molar-refractivity contribution is -0.144. The number of ketones is 2. The fourth-order valence-electron chi connectivity index (χ4n) is 14.5. The fourth-order valence-corrected chi connectivity index (χ4v) is 14.5. The highest BCUT2D eigenvalue weighted by molar-refractivity contribution is 6.03. The summed E-state index contributed by atoms with van der Waals surface area (Å²) in [5.41, 5.74) is 15.4. The van der Waals surface area contributed by atoms with Gasteiger partial charge in [0.25, 0.3) is 17.7 Å². The minimum atomic E-state index is -1.36. The van der Waals surface area contributed by atoms with E-state index in [4.69, 9.17) is 16.2 Å². The minimum absolute atomic E-state index is 0.0309. The average Bonchev–Trinajstić information content (AvgIpc) is 1.67. The highest BCUT2D eigenvalue weighted by atomic mass is 16.5. The number of carboxylic acid groups (broad SMARTS) is 1. The first-order valence-corrected chi connectivity index (χ1v) is 35.5. The number of aliphatic hydroxyl groups excluding tert-OH is 1. The van der Waals surface area contributed by atoms with Gasteiger partial charge in [-0.1, -0.05) is 128 Å². The minimum Gasteiger partial charge on any atom is -0.483 e. The lowest BCUT2D eigenvalue weighted by atomic mass is 9.91. The maximum atomic E-state index is 15.2. The number of benzene rings is 5. The van der Waals surface area contributed by atoms with E-state index >= 15 is 9.59 Å². The van der Waals surface area contributed by atoms with Crippen LogP contribution in [0.2, 0.25) is 0 Å². The number of nitrogens with two attached hydrogens (primary N) is 2. The number of carbonyl (C=O) groups excluding carboxylic acids is 10. The Morgan fingerprint density at radius 3 is 1.30 bits per heavy atom. The molecule has 8 amide bonds. The Morgan fingerprint density at radius 2 is 0.901 bits per heavy atom. The maximum absolute atomic E-state index is 15.2. The molecule has 15 atom stereocenters. The number of ether oxygens (including phenoxy) is 1. The molecule has 0 radical (unpaired) electrons. The van der Waals surface area contributed by atoms with Crippen LogP contribution in [0, 0.1) is 35.5 Å². The first-order chi connectivity index (χ1) is 48.9. The number of unbranched alkanes of at least 4 members (excludes halogenated alkanes) is 2. The van der Waals surface area contributed by atoms with Crippen LogP contribution in [-0.4, -0.2) is 174 Å². The monoisotopic (exact) mass is 1380 g/mol. The number of hydrogen-bond donors (Lipinski definition) is 10. The van der Waals surface area contributed by atoms with Crippen LogP contribution in [0.3, 0.4) is 0 Å². The third kappa shape index (κ3) is 18.9. The van der Waals surface area contributed by atoms with Gasteiger partial charge in [-0.05, 0) is 111 Å². The SMILES string of the molecule is NCCCC[C@H](CC(=O)[C@H](CCCCN)NC(=O)[C@H](CO)CC(=O)CNC(=O)COc1cc(C(=O)N2C[C@@H](C(=O)N[C@H]3C[C@@H]3c3ccccc3)[C@H](C(=O)N[C@H]3C[C@@H]3c3ccccc3)C2)ccc1C(=O)N1C[C@@H](C(=O)N[C@H]2C[C@@H]2c2ccccc2)[C@H](C(=O)N[C@H]2C[C@@H]2c2ccccc2)C1)C(=O)O. The van der Waals surface area contributed by atoms with Gasteiger partial charge in [-0.3, -0.25) is 52.7 Å². The molecule has 101 heavy (non-hydrogen) atoms. The molecule has 534 valence electrons. The van der Waals surface area contributed by atoms with Gasteiger partial charge in [-0.15, -0.1) is 0 Å². The predicted molar refractivity (Wildman–Crippen MR) is 372 cm³/mol. The largest absolute Gasteiger partial charge is 0.483 e. The summed E-state index contributed by atoms with van der Waals surface area (Å²) in [7, 11) is 0. The van der Waals surface area contributed by atoms with Gasteiger partial charge >= 0.3 is 5.97 Å². The zero-order chi connectivity index (χ0) is 71.3. The molecule has 6 fully saturated rings. The van der Waals surface area contributed by atoms with E-state index in [0.29, 0.717) is 64.5 Å². The van der Waals surface area contributed by atoms with Crippen molar-refractivity contribution in [3.05, 3.63) is 173 Å². The van der Waals surface area contributed by atoms with E-state index in [2.05, 4.69) is 31.9 Å². The van der Waals surface area contributed by atoms with Crippen molar-refractivity contribution in [1.82, 2.24) is 41.7 Å². The van der Waals surface area contributed by atoms with Gasteiger partial charge in [0.2, 0.25) is 29.5 Å². The third-order valence-corrected chi connectivity index (χ3v) is 20.8. The molecule has 4 aliphatic carbocycles. The van der Waals surface area contributed by atoms with Crippen molar-refractivity contribution in [3.8, 4) is 5.75 Å². The van der Waals surface area contributed by atoms with Crippen LogP contribution in [0.15, 0.2) is 140 Å². The number of likely N-dealkylation sites (tertiary alicyclic amines) is 2. The molecular formula is C77H92N10O14. The van der Waals surface area contributed by atoms with Crippen LogP contribution in [0.4, 0.5) is 0 Å². The molecule has 4 saturated carbocycles. The Balaban J connectivity index is 0.806. The lowest BCUT2D eigenvalue weighted by Crippen LogP contribution is -2.46. The van der Waals surface area contributed by atoms with Crippen molar-refractivity contribution in [3.63, 3.8) is 0 Å². The summed E-state index contributed by atoms with van der Waals surface area (Å²) in [5, 5.41) is 37.9. The van der Waals surface area contributed by atoms with E-state index in [9.17, 15) is 53.4 Å². The van der Waals surface area contributed by atoms with Crippen molar-refractivity contribution in [1.29, 1.82) is 0 Å². The molecule has 0 spiro atoms. The van der Waals surface area contributed by atoms with Gasteiger partial charge in [0, 0.05) is 92.4 Å².